The minimum Gasteiger partial charge on any atom is -0.376 e. The Morgan fingerprint density at radius 2 is 1.90 bits per heavy atom. The van der Waals surface area contributed by atoms with Crippen molar-refractivity contribution in [2.75, 3.05) is 13.7 Å². The van der Waals surface area contributed by atoms with Gasteiger partial charge in [-0.1, -0.05) is 51.0 Å². The molecule has 0 heterocycles. The zero-order chi connectivity index (χ0) is 14.4. The summed E-state index contributed by atoms with van der Waals surface area (Å²) >= 11 is 0. The maximum Gasteiger partial charge on any atom is 0.0665 e. The van der Waals surface area contributed by atoms with Crippen LogP contribution < -0.4 is 5.32 Å². The average molecular weight is 275 g/mol. The standard InChI is InChI=1S/C18H29NO/c1-4-15-9-11-16(12-10-15)17(19-3)13-20-18-8-6-5-7-14(18)2/h9-12,14,17-19H,4-8,13H2,1-3H3. The summed E-state index contributed by atoms with van der Waals surface area (Å²) < 4.78 is 6.20. The Morgan fingerprint density at radius 3 is 2.50 bits per heavy atom. The van der Waals surface area contributed by atoms with E-state index in [4.69, 9.17) is 4.74 Å². The lowest BCUT2D eigenvalue weighted by molar-refractivity contribution is -0.0145. The normalized spacial score (nSPS) is 24.6. The van der Waals surface area contributed by atoms with Crippen LogP contribution in [0.3, 0.4) is 0 Å². The molecule has 1 aliphatic rings. The highest BCUT2D eigenvalue weighted by atomic mass is 16.5. The monoisotopic (exact) mass is 275 g/mol. The lowest BCUT2D eigenvalue weighted by Gasteiger charge is -2.30. The SMILES string of the molecule is CCc1ccc(C(COC2CCCCC2C)NC)cc1. The van der Waals surface area contributed by atoms with Crippen LogP contribution in [0.5, 0.6) is 0 Å². The largest absolute Gasteiger partial charge is 0.376 e. The number of ether oxygens (including phenoxy) is 1. The van der Waals surface area contributed by atoms with Gasteiger partial charge in [-0.05, 0) is 43.4 Å². The Labute approximate surface area is 123 Å². The van der Waals surface area contributed by atoms with Crippen LogP contribution in [-0.4, -0.2) is 19.8 Å². The molecule has 20 heavy (non-hydrogen) atoms. The first-order valence-corrected chi connectivity index (χ1v) is 8.12. The fourth-order valence-electron chi connectivity index (χ4n) is 3.08. The molecule has 0 radical (unpaired) electrons. The van der Waals surface area contributed by atoms with Gasteiger partial charge >= 0.3 is 0 Å². The van der Waals surface area contributed by atoms with E-state index in [2.05, 4.69) is 43.4 Å². The number of aryl methyl sites for hydroxylation is 1. The van der Waals surface area contributed by atoms with Gasteiger partial charge in [0, 0.05) is 0 Å². The van der Waals surface area contributed by atoms with Gasteiger partial charge in [0.2, 0.25) is 0 Å². The summed E-state index contributed by atoms with van der Waals surface area (Å²) in [7, 11) is 2.02. The maximum atomic E-state index is 6.20. The molecule has 2 rings (SSSR count). The van der Waals surface area contributed by atoms with E-state index in [-0.39, 0.29) is 0 Å². The lowest BCUT2D eigenvalue weighted by atomic mass is 9.88. The van der Waals surface area contributed by atoms with Crippen LogP contribution in [-0.2, 0) is 11.2 Å². The van der Waals surface area contributed by atoms with E-state index in [9.17, 15) is 0 Å². The number of hydrogen-bond donors (Lipinski definition) is 1. The summed E-state index contributed by atoms with van der Waals surface area (Å²) in [5.41, 5.74) is 2.72. The van der Waals surface area contributed by atoms with Crippen molar-refractivity contribution in [1.29, 1.82) is 0 Å². The average Bonchev–Trinajstić information content (AvgIpc) is 2.50. The predicted octanol–water partition coefficient (Wildman–Crippen LogP) is 4.10. The molecule has 1 aromatic rings. The first-order valence-electron chi connectivity index (χ1n) is 8.12. The molecule has 1 aliphatic carbocycles. The third kappa shape index (κ3) is 4.07. The maximum absolute atomic E-state index is 6.20. The van der Waals surface area contributed by atoms with Gasteiger partial charge in [-0.3, -0.25) is 0 Å². The van der Waals surface area contributed by atoms with Gasteiger partial charge < -0.3 is 10.1 Å². The molecule has 1 N–H and O–H groups in total. The predicted molar refractivity (Wildman–Crippen MR) is 85.0 cm³/mol. The molecule has 1 fully saturated rings. The summed E-state index contributed by atoms with van der Waals surface area (Å²) in [6.07, 6.45) is 6.79. The second-order valence-electron chi connectivity index (χ2n) is 6.07. The number of hydrogen-bond acceptors (Lipinski definition) is 2. The first-order chi connectivity index (χ1) is 9.74. The minimum atomic E-state index is 0.301. The summed E-state index contributed by atoms with van der Waals surface area (Å²) in [5.74, 6) is 0.712. The van der Waals surface area contributed by atoms with Crippen LogP contribution in [0.2, 0.25) is 0 Å². The van der Waals surface area contributed by atoms with Crippen molar-refractivity contribution in [2.24, 2.45) is 5.92 Å². The Bertz CT molecular complexity index is 387. The number of rotatable bonds is 6. The Balaban J connectivity index is 1.90. The molecule has 1 aromatic carbocycles. The Hall–Kier alpha value is -0.860. The van der Waals surface area contributed by atoms with Crippen molar-refractivity contribution in [3.8, 4) is 0 Å². The van der Waals surface area contributed by atoms with E-state index < -0.39 is 0 Å². The molecule has 1 saturated carbocycles. The molecular formula is C18H29NO. The second-order valence-corrected chi connectivity index (χ2v) is 6.07. The van der Waals surface area contributed by atoms with Gasteiger partial charge in [-0.2, -0.15) is 0 Å². The summed E-state index contributed by atoms with van der Waals surface area (Å²) in [6, 6.07) is 9.21. The Morgan fingerprint density at radius 1 is 1.20 bits per heavy atom. The summed E-state index contributed by atoms with van der Waals surface area (Å²) in [5, 5.41) is 3.39. The van der Waals surface area contributed by atoms with Crippen LogP contribution >= 0.6 is 0 Å². The molecule has 0 aliphatic heterocycles. The van der Waals surface area contributed by atoms with E-state index >= 15 is 0 Å². The lowest BCUT2D eigenvalue weighted by Crippen LogP contribution is -2.30. The van der Waals surface area contributed by atoms with Gasteiger partial charge in [0.25, 0.3) is 0 Å². The third-order valence-electron chi connectivity index (χ3n) is 4.65. The fraction of sp³-hybridized carbons (Fsp3) is 0.667. The van der Waals surface area contributed by atoms with Crippen molar-refractivity contribution >= 4 is 0 Å². The first kappa shape index (κ1) is 15.5. The van der Waals surface area contributed by atoms with Gasteiger partial charge in [-0.15, -0.1) is 0 Å². The van der Waals surface area contributed by atoms with Crippen LogP contribution in [0.4, 0.5) is 0 Å². The van der Waals surface area contributed by atoms with E-state index in [0.29, 0.717) is 18.1 Å². The van der Waals surface area contributed by atoms with E-state index in [0.717, 1.165) is 13.0 Å². The molecule has 2 heteroatoms. The van der Waals surface area contributed by atoms with Crippen molar-refractivity contribution < 1.29 is 4.74 Å². The van der Waals surface area contributed by atoms with E-state index in [1.807, 2.05) is 7.05 Å². The molecule has 0 spiro atoms. The highest BCUT2D eigenvalue weighted by Crippen LogP contribution is 2.27. The zero-order valence-electron chi connectivity index (χ0n) is 13.2. The van der Waals surface area contributed by atoms with Gasteiger partial charge in [0.1, 0.15) is 0 Å². The van der Waals surface area contributed by atoms with Gasteiger partial charge in [-0.25, -0.2) is 0 Å². The van der Waals surface area contributed by atoms with E-state index in [1.165, 1.54) is 36.8 Å². The van der Waals surface area contributed by atoms with Crippen LogP contribution in [0.1, 0.15) is 56.7 Å². The Kier molecular flexibility index (Phi) is 6.06. The summed E-state index contributed by atoms with van der Waals surface area (Å²) in [6.45, 7) is 5.30. The van der Waals surface area contributed by atoms with E-state index in [1.54, 1.807) is 0 Å². The highest BCUT2D eigenvalue weighted by Gasteiger charge is 2.23. The van der Waals surface area contributed by atoms with Crippen molar-refractivity contribution in [3.63, 3.8) is 0 Å². The topological polar surface area (TPSA) is 21.3 Å². The smallest absolute Gasteiger partial charge is 0.0665 e. The van der Waals surface area contributed by atoms with Crippen LogP contribution in [0.15, 0.2) is 24.3 Å². The highest BCUT2D eigenvalue weighted by molar-refractivity contribution is 5.25. The minimum absolute atomic E-state index is 0.301. The van der Waals surface area contributed by atoms with Crippen molar-refractivity contribution in [1.82, 2.24) is 5.32 Å². The number of benzene rings is 1. The molecule has 0 aromatic heterocycles. The zero-order valence-corrected chi connectivity index (χ0v) is 13.2. The molecule has 0 bridgehead atoms. The number of nitrogens with one attached hydrogen (secondary N) is 1. The van der Waals surface area contributed by atoms with Crippen LogP contribution in [0, 0.1) is 5.92 Å². The van der Waals surface area contributed by atoms with Crippen molar-refractivity contribution in [2.45, 2.75) is 58.1 Å². The molecule has 2 nitrogen and oxygen atoms in total. The molecule has 3 unspecified atom stereocenters. The second kappa shape index (κ2) is 7.80. The summed E-state index contributed by atoms with van der Waals surface area (Å²) in [4.78, 5) is 0. The van der Waals surface area contributed by atoms with Crippen LogP contribution in [0.25, 0.3) is 0 Å². The van der Waals surface area contributed by atoms with Crippen molar-refractivity contribution in [3.05, 3.63) is 35.4 Å². The molecule has 0 amide bonds. The fourth-order valence-corrected chi connectivity index (χ4v) is 3.08. The number of likely N-dealkylation sites (N-methyl/N-ethyl adjacent to an activating group) is 1. The quantitative estimate of drug-likeness (QED) is 0.843. The van der Waals surface area contributed by atoms with Gasteiger partial charge in [0.05, 0.1) is 18.8 Å². The van der Waals surface area contributed by atoms with Gasteiger partial charge in [0.15, 0.2) is 0 Å². The molecule has 112 valence electrons. The third-order valence-corrected chi connectivity index (χ3v) is 4.65. The molecular weight excluding hydrogens is 246 g/mol. The molecule has 0 saturated heterocycles. The molecule has 3 atom stereocenters.